The van der Waals surface area contributed by atoms with Crippen molar-refractivity contribution in [2.75, 3.05) is 27.2 Å². The lowest BCUT2D eigenvalue weighted by atomic mass is 9.70. The SMILES string of the molecule is C=C/C(=C\C)[C@]1(CCC(=O)c2c(OC)cc(C(F)(F)F)cc2C(F)(F)F)CCCN(C)C1.[HH]. The van der Waals surface area contributed by atoms with Crippen LogP contribution in [0.25, 0.3) is 0 Å². The molecule has 0 spiro atoms. The monoisotopic (exact) mass is 465 g/mol. The minimum absolute atomic E-state index is 0. The molecule has 3 nitrogen and oxygen atoms in total. The molecule has 0 N–H and O–H groups in total. The van der Waals surface area contributed by atoms with E-state index in [1.807, 2.05) is 20.0 Å². The molecule has 1 atom stereocenters. The fourth-order valence-electron chi connectivity index (χ4n) is 4.52. The molecule has 1 fully saturated rings. The van der Waals surface area contributed by atoms with Gasteiger partial charge in [0.1, 0.15) is 5.75 Å². The highest BCUT2D eigenvalue weighted by Gasteiger charge is 2.42. The van der Waals surface area contributed by atoms with Crippen molar-refractivity contribution in [3.8, 4) is 5.75 Å². The first-order valence-electron chi connectivity index (χ1n) is 10.2. The number of halogens is 6. The Balaban J connectivity index is 0.00000544. The fourth-order valence-corrected chi connectivity index (χ4v) is 4.52. The summed E-state index contributed by atoms with van der Waals surface area (Å²) in [6.45, 7) is 7.11. The summed E-state index contributed by atoms with van der Waals surface area (Å²) < 4.78 is 85.1. The third-order valence-electron chi connectivity index (χ3n) is 5.98. The van der Waals surface area contributed by atoms with Crippen LogP contribution in [0.3, 0.4) is 0 Å². The molecule has 2 rings (SSSR count). The van der Waals surface area contributed by atoms with E-state index in [1.165, 1.54) is 0 Å². The van der Waals surface area contributed by atoms with Crippen LogP contribution >= 0.6 is 0 Å². The number of hydrogen-bond donors (Lipinski definition) is 0. The Morgan fingerprint density at radius 1 is 1.25 bits per heavy atom. The number of piperidine rings is 1. The summed E-state index contributed by atoms with van der Waals surface area (Å²) in [6, 6.07) is 0.411. The maximum atomic E-state index is 13.6. The average Bonchev–Trinajstić information content (AvgIpc) is 2.70. The number of ketones is 1. The van der Waals surface area contributed by atoms with E-state index in [2.05, 4.69) is 11.5 Å². The van der Waals surface area contributed by atoms with Crippen LogP contribution in [0.5, 0.6) is 5.75 Å². The molecule has 0 aromatic heterocycles. The largest absolute Gasteiger partial charge is 0.496 e. The van der Waals surface area contributed by atoms with Gasteiger partial charge in [-0.05, 0) is 57.5 Å². The lowest BCUT2D eigenvalue weighted by Gasteiger charge is -2.43. The number of nitrogens with zero attached hydrogens (tertiary/aromatic N) is 1. The summed E-state index contributed by atoms with van der Waals surface area (Å²) in [5.41, 5.74) is -3.61. The molecule has 1 aliphatic heterocycles. The van der Waals surface area contributed by atoms with Crippen molar-refractivity contribution in [2.24, 2.45) is 5.41 Å². The molecule has 9 heteroatoms. The van der Waals surface area contributed by atoms with E-state index in [4.69, 9.17) is 4.74 Å². The number of benzene rings is 1. The fraction of sp³-hybridized carbons (Fsp3) is 0.522. The van der Waals surface area contributed by atoms with Gasteiger partial charge in [0.15, 0.2) is 5.78 Å². The van der Waals surface area contributed by atoms with E-state index in [0.29, 0.717) is 12.6 Å². The number of alkyl halides is 6. The van der Waals surface area contributed by atoms with Crippen LogP contribution < -0.4 is 4.74 Å². The maximum Gasteiger partial charge on any atom is 0.417 e. The molecular weight excluding hydrogens is 436 g/mol. The third-order valence-corrected chi connectivity index (χ3v) is 5.98. The summed E-state index contributed by atoms with van der Waals surface area (Å²) >= 11 is 0. The van der Waals surface area contributed by atoms with Gasteiger partial charge in [0.05, 0.1) is 23.8 Å². The van der Waals surface area contributed by atoms with E-state index < -0.39 is 46.0 Å². The number of likely N-dealkylation sites (tertiary alicyclic amines) is 1. The number of allylic oxidation sites excluding steroid dienone is 2. The lowest BCUT2D eigenvalue weighted by Crippen LogP contribution is -2.42. The number of methoxy groups -OCH3 is 1. The van der Waals surface area contributed by atoms with Crippen LogP contribution in [0, 0.1) is 5.41 Å². The topological polar surface area (TPSA) is 29.5 Å². The van der Waals surface area contributed by atoms with E-state index in [0.717, 1.165) is 32.1 Å². The van der Waals surface area contributed by atoms with Gasteiger partial charge in [0, 0.05) is 19.8 Å². The Labute approximate surface area is 185 Å². The van der Waals surface area contributed by atoms with Gasteiger partial charge >= 0.3 is 12.4 Å². The molecular formula is C23H29F6NO2. The Morgan fingerprint density at radius 3 is 2.38 bits per heavy atom. The van der Waals surface area contributed by atoms with Gasteiger partial charge in [-0.1, -0.05) is 18.7 Å². The van der Waals surface area contributed by atoms with Crippen LogP contribution in [0.15, 0.2) is 36.4 Å². The second-order valence-electron chi connectivity index (χ2n) is 8.09. The number of carbonyl (C=O) groups is 1. The van der Waals surface area contributed by atoms with Crippen LogP contribution in [0.2, 0.25) is 0 Å². The minimum Gasteiger partial charge on any atom is -0.496 e. The molecule has 0 unspecified atom stereocenters. The second kappa shape index (κ2) is 9.68. The van der Waals surface area contributed by atoms with Gasteiger partial charge in [-0.25, -0.2) is 0 Å². The van der Waals surface area contributed by atoms with Crippen molar-refractivity contribution in [1.82, 2.24) is 4.90 Å². The van der Waals surface area contributed by atoms with Crippen molar-refractivity contribution in [2.45, 2.75) is 45.0 Å². The molecule has 32 heavy (non-hydrogen) atoms. The highest BCUT2D eigenvalue weighted by Crippen LogP contribution is 2.45. The van der Waals surface area contributed by atoms with Gasteiger partial charge in [0.25, 0.3) is 0 Å². The predicted molar refractivity (Wildman–Crippen MR) is 112 cm³/mol. The summed E-state index contributed by atoms with van der Waals surface area (Å²) in [6.07, 6.45) is -5.08. The first-order valence-corrected chi connectivity index (χ1v) is 10.2. The molecule has 1 heterocycles. The first kappa shape index (κ1) is 26.0. The number of hydrogen-bond acceptors (Lipinski definition) is 3. The first-order chi connectivity index (χ1) is 14.8. The predicted octanol–water partition coefficient (Wildman–Crippen LogP) is 6.79. The zero-order valence-electron chi connectivity index (χ0n) is 18.3. The Kier molecular flexibility index (Phi) is 7.86. The summed E-state index contributed by atoms with van der Waals surface area (Å²) in [5, 5.41) is 0. The van der Waals surface area contributed by atoms with Crippen molar-refractivity contribution < 1.29 is 37.3 Å². The van der Waals surface area contributed by atoms with E-state index in [9.17, 15) is 31.1 Å². The number of Topliss-reactive ketones (excluding diaryl/α,β-unsaturated/α-hetero) is 1. The van der Waals surface area contributed by atoms with E-state index >= 15 is 0 Å². The normalized spacial score (nSPS) is 20.8. The van der Waals surface area contributed by atoms with Gasteiger partial charge in [0.2, 0.25) is 0 Å². The number of carbonyl (C=O) groups excluding carboxylic acids is 1. The van der Waals surface area contributed by atoms with Crippen molar-refractivity contribution >= 4 is 5.78 Å². The third kappa shape index (κ3) is 5.54. The second-order valence-corrected chi connectivity index (χ2v) is 8.09. The molecule has 1 aromatic rings. The number of ether oxygens (including phenoxy) is 1. The minimum atomic E-state index is -5.15. The quantitative estimate of drug-likeness (QED) is 0.252. The highest BCUT2D eigenvalue weighted by molar-refractivity contribution is 6.00. The Hall–Kier alpha value is -2.29. The molecule has 1 aromatic carbocycles. The van der Waals surface area contributed by atoms with Crippen LogP contribution in [0.1, 0.15) is 55.5 Å². The van der Waals surface area contributed by atoms with Crippen molar-refractivity contribution in [1.29, 1.82) is 0 Å². The maximum absolute atomic E-state index is 13.6. The summed E-state index contributed by atoms with van der Waals surface area (Å²) in [7, 11) is 2.87. The smallest absolute Gasteiger partial charge is 0.417 e. The van der Waals surface area contributed by atoms with Gasteiger partial charge < -0.3 is 9.64 Å². The summed E-state index contributed by atoms with van der Waals surface area (Å²) in [4.78, 5) is 15.1. The van der Waals surface area contributed by atoms with Gasteiger partial charge in [-0.2, -0.15) is 26.3 Å². The molecule has 0 bridgehead atoms. The standard InChI is InChI=1S/C23H27F6NO2.H2/c1-5-15(6-2)21(9-7-11-30(3)14-21)10-8-18(31)20-17(23(27,28)29)12-16(22(24,25)26)13-19(20)32-4;/h5-6,12-13H,1,7-11,14H2,2-4H3;1H/b15-6+;/t21-;/m0./s1. The molecule has 0 amide bonds. The van der Waals surface area contributed by atoms with Crippen molar-refractivity contribution in [3.05, 3.63) is 53.1 Å². The average molecular weight is 465 g/mol. The zero-order chi connectivity index (χ0) is 24.3. The molecule has 180 valence electrons. The van der Waals surface area contributed by atoms with Gasteiger partial charge in [-0.15, -0.1) is 0 Å². The summed E-state index contributed by atoms with van der Waals surface area (Å²) in [5.74, 6) is -1.64. The van der Waals surface area contributed by atoms with Crippen LogP contribution in [0.4, 0.5) is 26.3 Å². The lowest BCUT2D eigenvalue weighted by molar-refractivity contribution is -0.143. The molecule has 0 aliphatic carbocycles. The molecule has 0 saturated carbocycles. The van der Waals surface area contributed by atoms with E-state index in [1.54, 1.807) is 6.08 Å². The van der Waals surface area contributed by atoms with E-state index in [-0.39, 0.29) is 20.3 Å². The van der Waals surface area contributed by atoms with Gasteiger partial charge in [-0.3, -0.25) is 4.79 Å². The zero-order valence-corrected chi connectivity index (χ0v) is 18.3. The molecule has 1 saturated heterocycles. The molecule has 0 radical (unpaired) electrons. The Bertz CT molecular complexity index is 894. The van der Waals surface area contributed by atoms with Crippen molar-refractivity contribution in [3.63, 3.8) is 0 Å². The number of rotatable bonds is 7. The highest BCUT2D eigenvalue weighted by atomic mass is 19.4. The molecule has 1 aliphatic rings. The Morgan fingerprint density at radius 2 is 1.91 bits per heavy atom. The van der Waals surface area contributed by atoms with Crippen LogP contribution in [-0.2, 0) is 12.4 Å². The van der Waals surface area contributed by atoms with Crippen LogP contribution in [-0.4, -0.2) is 37.9 Å².